The second kappa shape index (κ2) is 26.4. The number of nitrogens with zero attached hydrogens (tertiary/aromatic N) is 2. The minimum absolute atomic E-state index is 0.0102. The van der Waals surface area contributed by atoms with Crippen LogP contribution in [0.5, 0.6) is 0 Å². The molecular weight excluding hydrogens is 1190 g/mol. The van der Waals surface area contributed by atoms with E-state index >= 15 is 0 Å². The third-order valence-electron chi connectivity index (χ3n) is 19.3. The molecule has 2 saturated heterocycles. The van der Waals surface area contributed by atoms with Gasteiger partial charge in [-0.15, -0.1) is 23.2 Å². The molecule has 6 saturated carbocycles. The van der Waals surface area contributed by atoms with Gasteiger partial charge in [-0.3, -0.25) is 38.4 Å². The van der Waals surface area contributed by atoms with Gasteiger partial charge in [0.25, 0.3) is 11.8 Å². The summed E-state index contributed by atoms with van der Waals surface area (Å²) < 4.78 is 9.77. The number of primary amides is 2. The molecule has 24 nitrogen and oxygen atoms in total. The molecule has 8 rings (SSSR count). The predicted octanol–water partition coefficient (Wildman–Crippen LogP) is 4.46. The van der Waals surface area contributed by atoms with E-state index in [0.29, 0.717) is 25.5 Å². The summed E-state index contributed by atoms with van der Waals surface area (Å²) in [6.07, 6.45) is 9.87. The van der Waals surface area contributed by atoms with Crippen LogP contribution < -0.4 is 43.4 Å². The molecule has 12 atom stereocenters. The Kier molecular flexibility index (Phi) is 21.0. The number of piperidine rings is 2. The molecule has 6 aliphatic carbocycles. The Morgan fingerprint density at radius 3 is 1.30 bits per heavy atom. The number of carbonyl (C=O) groups is 12. The first-order chi connectivity index (χ1) is 40.9. The number of nitrogens with one attached hydrogen (secondary N) is 6. The van der Waals surface area contributed by atoms with Gasteiger partial charge in [0.15, 0.2) is 0 Å². The van der Waals surface area contributed by atoms with Crippen molar-refractivity contribution >= 4 is 94.2 Å². The first kappa shape index (κ1) is 70.7. The second-order valence-electron chi connectivity index (χ2n) is 31.3. The first-order valence-electron chi connectivity index (χ1n) is 31.8. The number of esters is 2. The maximum atomic E-state index is 14.2. The minimum Gasteiger partial charge on any atom is -0.464 e. The summed E-state index contributed by atoms with van der Waals surface area (Å²) in [6.45, 7) is 26.1. The van der Waals surface area contributed by atoms with Crippen LogP contribution in [-0.4, -0.2) is 159 Å². The molecule has 8 aliphatic rings. The number of ether oxygens (including phenoxy) is 2. The summed E-state index contributed by atoms with van der Waals surface area (Å²) >= 11 is 13.0. The van der Waals surface area contributed by atoms with Crippen molar-refractivity contribution in [3.05, 3.63) is 0 Å². The van der Waals surface area contributed by atoms with E-state index in [9.17, 15) is 57.5 Å². The number of carbonyl (C=O) groups excluding carboxylic acids is 12. The Bertz CT molecular complexity index is 2790. The molecule has 2 aliphatic heterocycles. The molecule has 89 heavy (non-hydrogen) atoms. The first-order valence-corrected chi connectivity index (χ1v) is 32.5. The lowest BCUT2D eigenvalue weighted by Gasteiger charge is -2.38. The van der Waals surface area contributed by atoms with Crippen LogP contribution in [0, 0.1) is 69.0 Å². The molecular formula is C63H98Cl2N10O14. The lowest BCUT2D eigenvalue weighted by molar-refractivity contribution is -0.160. The van der Waals surface area contributed by atoms with Gasteiger partial charge in [-0.25, -0.2) is 19.2 Å². The van der Waals surface area contributed by atoms with E-state index in [0.717, 1.165) is 64.2 Å². The Hall–Kier alpha value is -5.78. The highest BCUT2D eigenvalue weighted by atomic mass is 35.5. The number of rotatable bonds is 23. The maximum absolute atomic E-state index is 14.2. The van der Waals surface area contributed by atoms with Gasteiger partial charge in [-0.05, 0) is 116 Å². The van der Waals surface area contributed by atoms with Crippen molar-refractivity contribution in [1.29, 1.82) is 0 Å². The van der Waals surface area contributed by atoms with Crippen LogP contribution >= 0.6 is 23.2 Å². The smallest absolute Gasteiger partial charge is 0.329 e. The van der Waals surface area contributed by atoms with E-state index in [1.54, 1.807) is 62.3 Å². The SMILES string of the molecule is CC(C)(C)OC(=O)[C@@H](NC(=O)N[C@H](C(=O)N1C[C@H]2[C@@H]([C@H]1C(=O)NC(CC1CCC1)C(=O)C(N)=O)C2(Cl)Cl)C(C)(C)C)C(C)(C)C.CC(C)(C)[C@H](NC(=O)N[C@H](C(=O)OCC1CC1)C1CCC1)C(=O)N1C[C@H]2[C@@H]([C@H]1C(=O)NC(CC1CC1)C(=O)C(N)=O)C2(C)C. The van der Waals surface area contributed by atoms with Crippen molar-refractivity contribution in [3.63, 3.8) is 0 Å². The topological polar surface area (TPSA) is 354 Å². The van der Waals surface area contributed by atoms with Crippen LogP contribution in [0.15, 0.2) is 0 Å². The Morgan fingerprint density at radius 1 is 0.517 bits per heavy atom. The van der Waals surface area contributed by atoms with E-state index < -0.39 is 157 Å². The molecule has 26 heteroatoms. The van der Waals surface area contributed by atoms with Gasteiger partial charge in [-0.2, -0.15) is 0 Å². The quantitative estimate of drug-likeness (QED) is 0.0398. The molecule has 2 unspecified atom stereocenters. The highest BCUT2D eigenvalue weighted by Crippen LogP contribution is 2.66. The van der Waals surface area contributed by atoms with E-state index in [2.05, 4.69) is 45.7 Å². The number of halogens is 2. The number of hydrogen-bond donors (Lipinski definition) is 8. The average Bonchev–Trinajstić information content (AvgIpc) is 1.54. The number of urea groups is 2. The molecule has 0 bridgehead atoms. The van der Waals surface area contributed by atoms with E-state index in [-0.39, 0.29) is 48.0 Å². The van der Waals surface area contributed by atoms with Gasteiger partial charge in [-0.1, -0.05) is 115 Å². The lowest BCUT2D eigenvalue weighted by Crippen LogP contribution is -2.63. The lowest BCUT2D eigenvalue weighted by atomic mass is 9.79. The molecule has 498 valence electrons. The fraction of sp³-hybridized carbons (Fsp3) is 0.810. The molecule has 0 spiro atoms. The van der Waals surface area contributed by atoms with Crippen LogP contribution in [0.4, 0.5) is 9.59 Å². The average molecular weight is 1290 g/mol. The molecule has 10 amide bonds. The van der Waals surface area contributed by atoms with Crippen LogP contribution in [0.25, 0.3) is 0 Å². The fourth-order valence-electron chi connectivity index (χ4n) is 13.0. The van der Waals surface area contributed by atoms with Crippen molar-refractivity contribution in [2.24, 2.45) is 80.5 Å². The van der Waals surface area contributed by atoms with Gasteiger partial charge < -0.3 is 62.6 Å². The Morgan fingerprint density at radius 2 is 0.921 bits per heavy atom. The highest BCUT2D eigenvalue weighted by molar-refractivity contribution is 6.51. The molecule has 0 aromatic carbocycles. The van der Waals surface area contributed by atoms with Gasteiger partial charge in [0, 0.05) is 24.9 Å². The molecule has 8 fully saturated rings. The number of likely N-dealkylation sites (tertiary alicyclic amines) is 2. The summed E-state index contributed by atoms with van der Waals surface area (Å²) in [5.74, 6) is -7.48. The van der Waals surface area contributed by atoms with Crippen molar-refractivity contribution < 1.29 is 67.0 Å². The summed E-state index contributed by atoms with van der Waals surface area (Å²) in [7, 11) is 0. The molecule has 10 N–H and O–H groups in total. The molecule has 0 aromatic heterocycles. The zero-order chi connectivity index (χ0) is 66.6. The number of fused-ring (bicyclic) bond motifs is 2. The fourth-order valence-corrected chi connectivity index (χ4v) is 13.8. The van der Waals surface area contributed by atoms with Gasteiger partial charge in [0.2, 0.25) is 35.2 Å². The maximum Gasteiger partial charge on any atom is 0.329 e. The summed E-state index contributed by atoms with van der Waals surface area (Å²) in [5.41, 5.74) is 7.31. The summed E-state index contributed by atoms with van der Waals surface area (Å²) in [4.78, 5) is 160. The van der Waals surface area contributed by atoms with Crippen molar-refractivity contribution in [1.82, 2.24) is 41.7 Å². The van der Waals surface area contributed by atoms with E-state index in [4.69, 9.17) is 44.1 Å². The minimum atomic E-state index is -1.26. The third-order valence-corrected chi connectivity index (χ3v) is 20.4. The number of hydrogen-bond acceptors (Lipinski definition) is 14. The molecule has 0 radical (unpaired) electrons. The number of alkyl halides is 2. The van der Waals surface area contributed by atoms with Gasteiger partial charge >= 0.3 is 24.0 Å². The molecule has 2 heterocycles. The van der Waals surface area contributed by atoms with Crippen molar-refractivity contribution in [3.8, 4) is 0 Å². The number of ketones is 2. The van der Waals surface area contributed by atoms with Crippen LogP contribution in [0.2, 0.25) is 0 Å². The molecule has 0 aromatic rings. The Labute approximate surface area is 533 Å². The number of nitrogens with two attached hydrogens (primary N) is 2. The number of amides is 10. The van der Waals surface area contributed by atoms with Crippen molar-refractivity contribution in [2.45, 2.75) is 232 Å². The predicted molar refractivity (Wildman–Crippen MR) is 328 cm³/mol. The zero-order valence-electron chi connectivity index (χ0n) is 54.4. The summed E-state index contributed by atoms with van der Waals surface area (Å²) in [5, 5.41) is 16.4. The second-order valence-corrected chi connectivity index (χ2v) is 32.8. The van der Waals surface area contributed by atoms with Crippen LogP contribution in [0.1, 0.15) is 174 Å². The monoisotopic (exact) mass is 1290 g/mol. The normalized spacial score (nSPS) is 26.1. The summed E-state index contributed by atoms with van der Waals surface area (Å²) in [6, 6.07) is -9.55. The van der Waals surface area contributed by atoms with Crippen LogP contribution in [-0.2, 0) is 57.4 Å². The van der Waals surface area contributed by atoms with Gasteiger partial charge in [0.1, 0.15) is 46.2 Å². The standard InChI is InChI=1S/C32H49N5O7.C31H49Cl2N5O7/c1-31(2,3)25(36-30(43)35-22(18-7-6-8-18)29(42)44-15-17-11-12-17)28(41)37-14-19-21(32(19,4)5)23(37)27(40)34-20(13-16-9-10-16)24(38)26(33)39;1-28(2,3)21(36-27(44)37-22(29(4,5)6)26(43)45-30(7,8)9)25(42)38-14-16-18(31(16,32)33)19(38)24(41)35-17(20(39)23(34)40)13-15-11-10-12-15/h16-23,25H,6-15H2,1-5H3,(H2,33,39)(H,34,40)(H2,35,36,43);15-19,21-22H,10-14H2,1-9H3,(H2,34,40)(H,35,41)(H2,36,37,44)/t19-,20?,21-,22-,23-,25+;16-,17?,18-,19-,21+,22+/m00/s1. The Balaban J connectivity index is 0.000000254. The van der Waals surface area contributed by atoms with Crippen LogP contribution in [0.3, 0.4) is 0 Å². The number of Topliss-reactive ketones (excluding diaryl/α,β-unsaturated/α-hetero) is 2. The zero-order valence-corrected chi connectivity index (χ0v) is 55.9. The third kappa shape index (κ3) is 17.0. The highest BCUT2D eigenvalue weighted by Gasteiger charge is 2.74. The van der Waals surface area contributed by atoms with Gasteiger partial charge in [0.05, 0.1) is 18.7 Å². The van der Waals surface area contributed by atoms with Crippen molar-refractivity contribution in [2.75, 3.05) is 19.7 Å². The van der Waals surface area contributed by atoms with E-state index in [1.165, 1.54) is 9.80 Å². The largest absolute Gasteiger partial charge is 0.464 e. The van der Waals surface area contributed by atoms with E-state index in [1.807, 2.05) is 20.8 Å².